The van der Waals surface area contributed by atoms with Gasteiger partial charge in [0.05, 0.1) is 12.4 Å². The number of benzene rings is 1. The normalized spacial score (nSPS) is 14.5. The average molecular weight is 283 g/mol. The third kappa shape index (κ3) is 3.18. The Hall–Kier alpha value is -2.43. The number of rotatable bonds is 5. The van der Waals surface area contributed by atoms with Crippen LogP contribution in [0.5, 0.6) is 0 Å². The fraction of sp³-hybridized carbons (Fsp3) is 0.312. The van der Waals surface area contributed by atoms with Gasteiger partial charge in [-0.25, -0.2) is 14.8 Å². The van der Waals surface area contributed by atoms with Crippen molar-refractivity contribution in [1.82, 2.24) is 9.97 Å². The van der Waals surface area contributed by atoms with Crippen LogP contribution in [0.15, 0.2) is 36.7 Å². The number of carboxylic acids is 1. The summed E-state index contributed by atoms with van der Waals surface area (Å²) in [6.45, 7) is 0.645. The third-order valence-corrected chi connectivity index (χ3v) is 3.90. The molecule has 1 fully saturated rings. The molecule has 21 heavy (non-hydrogen) atoms. The van der Waals surface area contributed by atoms with Gasteiger partial charge in [-0.1, -0.05) is 30.7 Å². The summed E-state index contributed by atoms with van der Waals surface area (Å²) in [5.74, 6) is 0.255. The topological polar surface area (TPSA) is 75.1 Å². The first-order valence-corrected chi connectivity index (χ1v) is 7.10. The van der Waals surface area contributed by atoms with Gasteiger partial charge in [-0.3, -0.25) is 0 Å². The monoisotopic (exact) mass is 283 g/mol. The molecule has 2 aromatic rings. The molecule has 1 heterocycles. The summed E-state index contributed by atoms with van der Waals surface area (Å²) in [7, 11) is 0. The summed E-state index contributed by atoms with van der Waals surface area (Å²) in [6.07, 6.45) is 6.65. The lowest BCUT2D eigenvalue weighted by Gasteiger charge is -2.25. The van der Waals surface area contributed by atoms with E-state index in [4.69, 9.17) is 5.11 Å². The van der Waals surface area contributed by atoms with E-state index in [-0.39, 0.29) is 5.69 Å². The van der Waals surface area contributed by atoms with Crippen molar-refractivity contribution in [1.29, 1.82) is 0 Å². The molecule has 1 aliphatic rings. The highest BCUT2D eigenvalue weighted by molar-refractivity contribution is 5.84. The van der Waals surface area contributed by atoms with Crippen LogP contribution in [-0.4, -0.2) is 21.0 Å². The smallest absolute Gasteiger partial charge is 0.356 e. The van der Waals surface area contributed by atoms with Gasteiger partial charge in [0.25, 0.3) is 0 Å². The second kappa shape index (κ2) is 5.91. The van der Waals surface area contributed by atoms with E-state index in [0.717, 1.165) is 5.92 Å². The van der Waals surface area contributed by atoms with Crippen molar-refractivity contribution in [2.45, 2.75) is 31.7 Å². The van der Waals surface area contributed by atoms with Gasteiger partial charge in [0.15, 0.2) is 5.69 Å². The van der Waals surface area contributed by atoms with Crippen LogP contribution in [0.1, 0.15) is 46.8 Å². The first-order valence-electron chi connectivity index (χ1n) is 7.10. The van der Waals surface area contributed by atoms with Gasteiger partial charge in [-0.2, -0.15) is 0 Å². The molecule has 1 aliphatic carbocycles. The summed E-state index contributed by atoms with van der Waals surface area (Å²) >= 11 is 0. The molecule has 0 aliphatic heterocycles. The minimum Gasteiger partial charge on any atom is -0.476 e. The number of carbonyl (C=O) groups is 1. The van der Waals surface area contributed by atoms with E-state index < -0.39 is 5.97 Å². The Balaban J connectivity index is 1.57. The maximum absolute atomic E-state index is 10.7. The van der Waals surface area contributed by atoms with Crippen molar-refractivity contribution in [3.63, 3.8) is 0 Å². The van der Waals surface area contributed by atoms with Gasteiger partial charge in [-0.05, 0) is 29.9 Å². The first-order chi connectivity index (χ1) is 10.2. The Bertz CT molecular complexity index is 619. The van der Waals surface area contributed by atoms with E-state index >= 15 is 0 Å². The minimum atomic E-state index is -1.07. The van der Waals surface area contributed by atoms with Crippen molar-refractivity contribution in [3.8, 4) is 0 Å². The fourth-order valence-corrected chi connectivity index (χ4v) is 2.37. The number of aromatic nitrogens is 2. The van der Waals surface area contributed by atoms with Crippen LogP contribution in [0.3, 0.4) is 0 Å². The van der Waals surface area contributed by atoms with Gasteiger partial charge >= 0.3 is 5.97 Å². The zero-order chi connectivity index (χ0) is 14.7. The second-order valence-electron chi connectivity index (χ2n) is 5.31. The van der Waals surface area contributed by atoms with Crippen LogP contribution in [0, 0.1) is 0 Å². The molecule has 2 N–H and O–H groups in total. The Labute approximate surface area is 123 Å². The summed E-state index contributed by atoms with van der Waals surface area (Å²) in [5.41, 5.74) is 2.54. The number of hydrogen-bond donors (Lipinski definition) is 2. The van der Waals surface area contributed by atoms with E-state index in [1.165, 1.54) is 42.8 Å². The number of nitrogens with zero attached hydrogens (tertiary/aromatic N) is 2. The van der Waals surface area contributed by atoms with Gasteiger partial charge in [-0.15, -0.1) is 0 Å². The minimum absolute atomic E-state index is 0.0506. The molecule has 108 valence electrons. The zero-order valence-electron chi connectivity index (χ0n) is 11.6. The van der Waals surface area contributed by atoms with Crippen LogP contribution >= 0.6 is 0 Å². The van der Waals surface area contributed by atoms with E-state index in [9.17, 15) is 4.79 Å². The lowest BCUT2D eigenvalue weighted by atomic mass is 9.80. The quantitative estimate of drug-likeness (QED) is 0.882. The first kappa shape index (κ1) is 13.5. The highest BCUT2D eigenvalue weighted by atomic mass is 16.4. The molecule has 0 atom stereocenters. The summed E-state index contributed by atoms with van der Waals surface area (Å²) in [6, 6.07) is 8.64. The Morgan fingerprint density at radius 2 is 1.95 bits per heavy atom. The van der Waals surface area contributed by atoms with Gasteiger partial charge in [0.1, 0.15) is 5.82 Å². The van der Waals surface area contributed by atoms with E-state index in [1.807, 2.05) is 0 Å². The molecule has 0 unspecified atom stereocenters. The lowest BCUT2D eigenvalue weighted by Crippen LogP contribution is -2.09. The SMILES string of the molecule is O=C(O)c1cnc(NCc2ccc(C3CCC3)cc2)cn1. The maximum Gasteiger partial charge on any atom is 0.356 e. The molecular formula is C16H17N3O2. The standard InChI is InChI=1S/C16H17N3O2/c20-16(21)14-9-19-15(10-17-14)18-8-11-4-6-13(7-5-11)12-2-1-3-12/h4-7,9-10,12H,1-3,8H2,(H,18,19)(H,20,21). The summed E-state index contributed by atoms with van der Waals surface area (Å²) in [5, 5.41) is 11.9. The number of anilines is 1. The van der Waals surface area contributed by atoms with Crippen molar-refractivity contribution < 1.29 is 9.90 Å². The van der Waals surface area contributed by atoms with Crippen molar-refractivity contribution in [3.05, 3.63) is 53.5 Å². The highest BCUT2D eigenvalue weighted by Crippen LogP contribution is 2.36. The largest absolute Gasteiger partial charge is 0.476 e. The van der Waals surface area contributed by atoms with Crippen LogP contribution in [-0.2, 0) is 6.54 Å². The van der Waals surface area contributed by atoms with Gasteiger partial charge in [0.2, 0.25) is 0 Å². The molecule has 0 radical (unpaired) electrons. The molecule has 0 saturated heterocycles. The molecule has 1 aromatic carbocycles. The Morgan fingerprint density at radius 1 is 1.19 bits per heavy atom. The molecule has 5 nitrogen and oxygen atoms in total. The predicted molar refractivity (Wildman–Crippen MR) is 79.4 cm³/mol. The third-order valence-electron chi connectivity index (χ3n) is 3.90. The van der Waals surface area contributed by atoms with E-state index in [2.05, 4.69) is 39.6 Å². The zero-order valence-corrected chi connectivity index (χ0v) is 11.6. The molecule has 1 aromatic heterocycles. The summed E-state index contributed by atoms with van der Waals surface area (Å²) < 4.78 is 0. The molecular weight excluding hydrogens is 266 g/mol. The maximum atomic E-state index is 10.7. The van der Waals surface area contributed by atoms with Gasteiger partial charge < -0.3 is 10.4 Å². The van der Waals surface area contributed by atoms with Gasteiger partial charge in [0, 0.05) is 6.54 Å². The fourth-order valence-electron chi connectivity index (χ4n) is 2.37. The number of aromatic carboxylic acids is 1. The Kier molecular flexibility index (Phi) is 3.81. The molecule has 0 amide bonds. The molecule has 0 spiro atoms. The predicted octanol–water partition coefficient (Wildman–Crippen LogP) is 3.05. The second-order valence-corrected chi connectivity index (χ2v) is 5.31. The van der Waals surface area contributed by atoms with Crippen molar-refractivity contribution >= 4 is 11.8 Å². The molecule has 1 saturated carbocycles. The average Bonchev–Trinajstić information content (AvgIpc) is 2.45. The summed E-state index contributed by atoms with van der Waals surface area (Å²) in [4.78, 5) is 18.5. The van der Waals surface area contributed by atoms with Crippen molar-refractivity contribution in [2.75, 3.05) is 5.32 Å². The van der Waals surface area contributed by atoms with E-state index in [0.29, 0.717) is 12.4 Å². The van der Waals surface area contributed by atoms with E-state index in [1.54, 1.807) is 0 Å². The molecule has 0 bridgehead atoms. The van der Waals surface area contributed by atoms with Crippen LogP contribution in [0.25, 0.3) is 0 Å². The highest BCUT2D eigenvalue weighted by Gasteiger charge is 2.18. The number of hydrogen-bond acceptors (Lipinski definition) is 4. The molecule has 3 rings (SSSR count). The number of nitrogens with one attached hydrogen (secondary N) is 1. The van der Waals surface area contributed by atoms with Crippen molar-refractivity contribution in [2.24, 2.45) is 0 Å². The lowest BCUT2D eigenvalue weighted by molar-refractivity contribution is 0.0690. The van der Waals surface area contributed by atoms with Crippen LogP contribution in [0.2, 0.25) is 0 Å². The molecule has 5 heteroatoms. The van der Waals surface area contributed by atoms with Crippen LogP contribution < -0.4 is 5.32 Å². The van der Waals surface area contributed by atoms with Crippen LogP contribution in [0.4, 0.5) is 5.82 Å². The Morgan fingerprint density at radius 3 is 2.48 bits per heavy atom. The number of carboxylic acid groups (broad SMARTS) is 1.